The van der Waals surface area contributed by atoms with Crippen molar-refractivity contribution in [2.75, 3.05) is 0 Å². The standard InChI is InChI=1S/C12H9F3N2O2S/c13-12(14,15)19-10-4-3-8(6-16-10)11-17-9(7-20-11)2-1-5-18/h3-7H,1-2H2. The Morgan fingerprint density at radius 2 is 2.15 bits per heavy atom. The molecule has 20 heavy (non-hydrogen) atoms. The van der Waals surface area contributed by atoms with Gasteiger partial charge in [0.25, 0.3) is 0 Å². The number of carbonyl (C=O) groups excluding carboxylic acids is 1. The van der Waals surface area contributed by atoms with Gasteiger partial charge in [0.15, 0.2) is 0 Å². The predicted molar refractivity (Wildman–Crippen MR) is 66.4 cm³/mol. The van der Waals surface area contributed by atoms with Crippen LogP contribution in [-0.4, -0.2) is 22.6 Å². The maximum absolute atomic E-state index is 12.0. The average molecular weight is 302 g/mol. The molecule has 0 aliphatic carbocycles. The smallest absolute Gasteiger partial charge is 0.388 e. The lowest BCUT2D eigenvalue weighted by Gasteiger charge is -2.07. The summed E-state index contributed by atoms with van der Waals surface area (Å²) in [6.45, 7) is 0. The van der Waals surface area contributed by atoms with Crippen LogP contribution in [0.2, 0.25) is 0 Å². The fourth-order valence-electron chi connectivity index (χ4n) is 1.45. The molecule has 106 valence electrons. The first-order chi connectivity index (χ1) is 9.48. The molecule has 4 nitrogen and oxygen atoms in total. The van der Waals surface area contributed by atoms with Crippen LogP contribution in [0.25, 0.3) is 10.6 Å². The van der Waals surface area contributed by atoms with E-state index >= 15 is 0 Å². The zero-order valence-electron chi connectivity index (χ0n) is 10.1. The van der Waals surface area contributed by atoms with E-state index in [9.17, 15) is 18.0 Å². The van der Waals surface area contributed by atoms with Gasteiger partial charge in [0, 0.05) is 29.6 Å². The Kier molecular flexibility index (Phi) is 4.33. The highest BCUT2D eigenvalue weighted by atomic mass is 32.1. The van der Waals surface area contributed by atoms with E-state index in [4.69, 9.17) is 0 Å². The van der Waals surface area contributed by atoms with Gasteiger partial charge >= 0.3 is 6.36 Å². The molecular formula is C12H9F3N2O2S. The third-order valence-electron chi connectivity index (χ3n) is 2.27. The summed E-state index contributed by atoms with van der Waals surface area (Å²) in [7, 11) is 0. The topological polar surface area (TPSA) is 52.1 Å². The molecule has 0 aliphatic rings. The van der Waals surface area contributed by atoms with E-state index in [0.29, 0.717) is 23.4 Å². The van der Waals surface area contributed by atoms with Crippen LogP contribution in [0.3, 0.4) is 0 Å². The SMILES string of the molecule is O=CCCc1csc(-c2ccc(OC(F)(F)F)nc2)n1. The number of carbonyl (C=O) groups is 1. The monoisotopic (exact) mass is 302 g/mol. The Hall–Kier alpha value is -1.96. The Bertz CT molecular complexity index is 581. The number of hydrogen-bond acceptors (Lipinski definition) is 5. The van der Waals surface area contributed by atoms with Gasteiger partial charge in [-0.3, -0.25) is 0 Å². The van der Waals surface area contributed by atoms with Gasteiger partial charge in [-0.2, -0.15) is 0 Å². The van der Waals surface area contributed by atoms with Gasteiger partial charge in [0.05, 0.1) is 5.69 Å². The van der Waals surface area contributed by atoms with Crippen molar-refractivity contribution in [2.45, 2.75) is 19.2 Å². The molecule has 0 fully saturated rings. The first-order valence-corrected chi connectivity index (χ1v) is 6.46. The highest BCUT2D eigenvalue weighted by Crippen LogP contribution is 2.26. The van der Waals surface area contributed by atoms with Crippen molar-refractivity contribution in [3.05, 3.63) is 29.4 Å². The second kappa shape index (κ2) is 6.00. The highest BCUT2D eigenvalue weighted by molar-refractivity contribution is 7.13. The van der Waals surface area contributed by atoms with Crippen molar-refractivity contribution >= 4 is 17.6 Å². The van der Waals surface area contributed by atoms with Crippen molar-refractivity contribution in [3.8, 4) is 16.5 Å². The number of rotatable bonds is 5. The number of halogens is 3. The Labute approximate surface area is 116 Å². The molecule has 2 rings (SSSR count). The largest absolute Gasteiger partial charge is 0.574 e. The van der Waals surface area contributed by atoms with Crippen LogP contribution in [0.15, 0.2) is 23.7 Å². The van der Waals surface area contributed by atoms with Crippen LogP contribution in [0.1, 0.15) is 12.1 Å². The molecule has 0 atom stereocenters. The predicted octanol–water partition coefficient (Wildman–Crippen LogP) is 3.24. The summed E-state index contributed by atoms with van der Waals surface area (Å²) < 4.78 is 39.6. The fraction of sp³-hybridized carbons (Fsp3) is 0.250. The quantitative estimate of drug-likeness (QED) is 0.796. The van der Waals surface area contributed by atoms with E-state index in [1.54, 1.807) is 5.38 Å². The summed E-state index contributed by atoms with van der Waals surface area (Å²) in [5.74, 6) is -0.515. The minimum absolute atomic E-state index is 0.389. The van der Waals surface area contributed by atoms with Gasteiger partial charge in [-0.25, -0.2) is 9.97 Å². The number of ether oxygens (including phenoxy) is 1. The Balaban J connectivity index is 2.09. The third-order valence-corrected chi connectivity index (χ3v) is 3.21. The number of aryl methyl sites for hydroxylation is 1. The number of aromatic nitrogens is 2. The minimum atomic E-state index is -4.75. The molecule has 8 heteroatoms. The number of hydrogen-bond donors (Lipinski definition) is 0. The first kappa shape index (κ1) is 14.4. The van der Waals surface area contributed by atoms with Crippen molar-refractivity contribution in [1.82, 2.24) is 9.97 Å². The molecule has 0 N–H and O–H groups in total. The van der Waals surface area contributed by atoms with Crippen molar-refractivity contribution < 1.29 is 22.7 Å². The number of thiazole rings is 1. The van der Waals surface area contributed by atoms with Crippen LogP contribution < -0.4 is 4.74 Å². The van der Waals surface area contributed by atoms with Crippen LogP contribution in [0, 0.1) is 0 Å². The van der Waals surface area contributed by atoms with Crippen LogP contribution >= 0.6 is 11.3 Å². The van der Waals surface area contributed by atoms with E-state index in [1.165, 1.54) is 23.6 Å². The summed E-state index contributed by atoms with van der Waals surface area (Å²) in [6, 6.07) is 2.59. The number of pyridine rings is 1. The van der Waals surface area contributed by atoms with Crippen LogP contribution in [0.4, 0.5) is 13.2 Å². The first-order valence-electron chi connectivity index (χ1n) is 5.58. The molecule has 0 radical (unpaired) electrons. The summed E-state index contributed by atoms with van der Waals surface area (Å²) >= 11 is 1.34. The fourth-order valence-corrected chi connectivity index (χ4v) is 2.29. The molecule has 0 aliphatic heterocycles. The molecule has 0 aromatic carbocycles. The molecule has 0 amide bonds. The summed E-state index contributed by atoms with van der Waals surface area (Å²) in [5, 5.41) is 2.44. The number of alkyl halides is 3. The average Bonchev–Trinajstić information content (AvgIpc) is 2.84. The van der Waals surface area contributed by atoms with Crippen LogP contribution in [-0.2, 0) is 11.2 Å². The lowest BCUT2D eigenvalue weighted by atomic mass is 10.2. The van der Waals surface area contributed by atoms with Crippen molar-refractivity contribution in [2.24, 2.45) is 0 Å². The van der Waals surface area contributed by atoms with E-state index in [2.05, 4.69) is 14.7 Å². The zero-order valence-corrected chi connectivity index (χ0v) is 10.9. The lowest BCUT2D eigenvalue weighted by molar-refractivity contribution is -0.276. The highest BCUT2D eigenvalue weighted by Gasteiger charge is 2.31. The summed E-state index contributed by atoms with van der Waals surface area (Å²) in [6.07, 6.45) is -1.74. The van der Waals surface area contributed by atoms with E-state index < -0.39 is 12.2 Å². The maximum Gasteiger partial charge on any atom is 0.574 e. The normalized spacial score (nSPS) is 11.3. The molecule has 2 aromatic rings. The van der Waals surface area contributed by atoms with Gasteiger partial charge in [0.2, 0.25) is 5.88 Å². The van der Waals surface area contributed by atoms with Crippen molar-refractivity contribution in [3.63, 3.8) is 0 Å². The van der Waals surface area contributed by atoms with E-state index in [1.807, 2.05) is 0 Å². The second-order valence-electron chi connectivity index (χ2n) is 3.78. The molecule has 0 spiro atoms. The third kappa shape index (κ3) is 4.02. The Morgan fingerprint density at radius 3 is 2.75 bits per heavy atom. The molecule has 0 saturated carbocycles. The molecule has 2 aromatic heterocycles. The van der Waals surface area contributed by atoms with Gasteiger partial charge in [-0.1, -0.05) is 0 Å². The summed E-state index contributed by atoms with van der Waals surface area (Å²) in [4.78, 5) is 18.1. The Morgan fingerprint density at radius 1 is 1.35 bits per heavy atom. The molecular weight excluding hydrogens is 293 g/mol. The lowest BCUT2D eigenvalue weighted by Crippen LogP contribution is -2.17. The summed E-state index contributed by atoms with van der Waals surface area (Å²) in [5.41, 5.74) is 1.37. The zero-order chi connectivity index (χ0) is 14.6. The molecule has 0 unspecified atom stereocenters. The van der Waals surface area contributed by atoms with Gasteiger partial charge in [-0.05, 0) is 12.5 Å². The molecule has 0 saturated heterocycles. The van der Waals surface area contributed by atoms with Gasteiger partial charge < -0.3 is 9.53 Å². The second-order valence-corrected chi connectivity index (χ2v) is 4.64. The van der Waals surface area contributed by atoms with Crippen LogP contribution in [0.5, 0.6) is 5.88 Å². The van der Waals surface area contributed by atoms with E-state index in [0.717, 1.165) is 18.0 Å². The number of aldehydes is 1. The van der Waals surface area contributed by atoms with Gasteiger partial charge in [-0.15, -0.1) is 24.5 Å². The minimum Gasteiger partial charge on any atom is -0.388 e. The maximum atomic E-state index is 12.0. The van der Waals surface area contributed by atoms with E-state index in [-0.39, 0.29) is 0 Å². The van der Waals surface area contributed by atoms with Gasteiger partial charge in [0.1, 0.15) is 11.3 Å². The van der Waals surface area contributed by atoms with Crippen molar-refractivity contribution in [1.29, 1.82) is 0 Å². The molecule has 2 heterocycles. The number of nitrogens with zero attached hydrogens (tertiary/aromatic N) is 2. The molecule has 0 bridgehead atoms.